The van der Waals surface area contributed by atoms with E-state index in [2.05, 4.69) is 12.1 Å². The van der Waals surface area contributed by atoms with Gasteiger partial charge in [0, 0.05) is 19.6 Å². The first kappa shape index (κ1) is 12.2. The molecule has 0 amide bonds. The molecule has 1 rings (SSSR count). The van der Waals surface area contributed by atoms with Crippen LogP contribution in [-0.2, 0) is 4.84 Å². The van der Waals surface area contributed by atoms with Crippen LogP contribution in [0.15, 0.2) is 30.3 Å². The van der Waals surface area contributed by atoms with Gasteiger partial charge in [0.2, 0.25) is 0 Å². The summed E-state index contributed by atoms with van der Waals surface area (Å²) in [6, 6.07) is 10.3. The van der Waals surface area contributed by atoms with Crippen LogP contribution in [0.2, 0.25) is 0 Å². The molecule has 1 aromatic carbocycles. The molecule has 0 aliphatic rings. The highest BCUT2D eigenvalue weighted by molar-refractivity contribution is 5.18. The number of nitrogens with zero attached hydrogens (tertiary/aromatic N) is 1. The van der Waals surface area contributed by atoms with Gasteiger partial charge < -0.3 is 10.6 Å². The number of hydrogen-bond acceptors (Lipinski definition) is 3. The minimum atomic E-state index is 0.136. The van der Waals surface area contributed by atoms with E-state index in [4.69, 9.17) is 10.6 Å². The molecule has 1 unspecified atom stereocenters. The van der Waals surface area contributed by atoms with Gasteiger partial charge in [0.1, 0.15) is 0 Å². The Balaban J connectivity index is 2.28. The zero-order valence-electron chi connectivity index (χ0n) is 9.52. The molecule has 0 aromatic heterocycles. The smallest absolute Gasteiger partial charge is 0.0575 e. The minimum Gasteiger partial charge on any atom is -0.324 e. The van der Waals surface area contributed by atoms with Gasteiger partial charge in [-0.1, -0.05) is 30.3 Å². The van der Waals surface area contributed by atoms with Crippen LogP contribution in [0.25, 0.3) is 0 Å². The average molecular weight is 208 g/mol. The van der Waals surface area contributed by atoms with Gasteiger partial charge in [-0.15, -0.1) is 0 Å². The normalized spacial score (nSPS) is 13.1. The Kier molecular flexibility index (Phi) is 5.32. The molecule has 0 heterocycles. The van der Waals surface area contributed by atoms with Crippen molar-refractivity contribution in [3.63, 3.8) is 0 Å². The molecule has 0 aliphatic carbocycles. The predicted molar refractivity (Wildman–Crippen MR) is 62.2 cm³/mol. The van der Waals surface area contributed by atoms with Crippen molar-refractivity contribution in [3.8, 4) is 0 Å². The standard InChI is InChI=1S/C12H20N2O/c1-14(15-2)10-6-9-12(13)11-7-4-3-5-8-11/h3-5,7-8,12H,6,9-10,13H2,1-2H3. The lowest BCUT2D eigenvalue weighted by Crippen LogP contribution is -2.19. The van der Waals surface area contributed by atoms with Crippen molar-refractivity contribution < 1.29 is 4.84 Å². The lowest BCUT2D eigenvalue weighted by molar-refractivity contribution is -0.109. The summed E-state index contributed by atoms with van der Waals surface area (Å²) in [5.41, 5.74) is 7.27. The van der Waals surface area contributed by atoms with Crippen LogP contribution < -0.4 is 5.73 Å². The Morgan fingerprint density at radius 2 is 2.00 bits per heavy atom. The molecule has 0 saturated carbocycles. The van der Waals surface area contributed by atoms with Crippen molar-refractivity contribution in [2.45, 2.75) is 18.9 Å². The van der Waals surface area contributed by atoms with E-state index in [0.29, 0.717) is 0 Å². The first-order chi connectivity index (χ1) is 7.24. The number of hydroxylamine groups is 2. The molecule has 84 valence electrons. The largest absolute Gasteiger partial charge is 0.324 e. The van der Waals surface area contributed by atoms with Crippen molar-refractivity contribution in [2.75, 3.05) is 20.7 Å². The van der Waals surface area contributed by atoms with Gasteiger partial charge >= 0.3 is 0 Å². The van der Waals surface area contributed by atoms with Gasteiger partial charge in [-0.25, -0.2) is 0 Å². The third-order valence-electron chi connectivity index (χ3n) is 2.53. The summed E-state index contributed by atoms with van der Waals surface area (Å²) >= 11 is 0. The quantitative estimate of drug-likeness (QED) is 0.726. The van der Waals surface area contributed by atoms with E-state index in [-0.39, 0.29) is 6.04 Å². The molecule has 2 N–H and O–H groups in total. The summed E-state index contributed by atoms with van der Waals surface area (Å²) < 4.78 is 0. The van der Waals surface area contributed by atoms with E-state index in [9.17, 15) is 0 Å². The van der Waals surface area contributed by atoms with Crippen LogP contribution in [0.1, 0.15) is 24.4 Å². The summed E-state index contributed by atoms with van der Waals surface area (Å²) in [7, 11) is 3.60. The van der Waals surface area contributed by atoms with Crippen LogP contribution in [0.3, 0.4) is 0 Å². The predicted octanol–water partition coefficient (Wildman–Crippen LogP) is 1.96. The summed E-state index contributed by atoms with van der Waals surface area (Å²) in [5.74, 6) is 0. The molecule has 3 heteroatoms. The molecule has 15 heavy (non-hydrogen) atoms. The first-order valence-corrected chi connectivity index (χ1v) is 5.30. The molecular formula is C12H20N2O. The van der Waals surface area contributed by atoms with Gasteiger partial charge in [-0.05, 0) is 18.4 Å². The van der Waals surface area contributed by atoms with Crippen LogP contribution in [0.5, 0.6) is 0 Å². The van der Waals surface area contributed by atoms with Gasteiger partial charge in [-0.2, -0.15) is 5.06 Å². The van der Waals surface area contributed by atoms with Crippen molar-refractivity contribution in [1.82, 2.24) is 5.06 Å². The maximum Gasteiger partial charge on any atom is 0.0575 e. The Labute approximate surface area is 91.8 Å². The Hall–Kier alpha value is -0.900. The van der Waals surface area contributed by atoms with Crippen LogP contribution in [0, 0.1) is 0 Å². The molecule has 3 nitrogen and oxygen atoms in total. The Bertz CT molecular complexity index is 264. The summed E-state index contributed by atoms with van der Waals surface area (Å²) in [5, 5.41) is 1.82. The molecule has 0 aliphatic heterocycles. The zero-order chi connectivity index (χ0) is 11.1. The zero-order valence-corrected chi connectivity index (χ0v) is 9.52. The van der Waals surface area contributed by atoms with Crippen molar-refractivity contribution >= 4 is 0 Å². The SMILES string of the molecule is CON(C)CCCC(N)c1ccccc1. The highest BCUT2D eigenvalue weighted by Crippen LogP contribution is 2.14. The topological polar surface area (TPSA) is 38.5 Å². The molecule has 0 radical (unpaired) electrons. The molecule has 1 atom stereocenters. The van der Waals surface area contributed by atoms with E-state index < -0.39 is 0 Å². The molecule has 0 fully saturated rings. The summed E-state index contributed by atoms with van der Waals surface area (Å²) in [6.45, 7) is 0.914. The van der Waals surface area contributed by atoms with E-state index in [0.717, 1.165) is 19.4 Å². The van der Waals surface area contributed by atoms with Crippen LogP contribution in [0.4, 0.5) is 0 Å². The highest BCUT2D eigenvalue weighted by Gasteiger charge is 2.05. The van der Waals surface area contributed by atoms with Crippen LogP contribution in [-0.4, -0.2) is 25.8 Å². The van der Waals surface area contributed by atoms with E-state index >= 15 is 0 Å². The fraction of sp³-hybridized carbons (Fsp3) is 0.500. The maximum absolute atomic E-state index is 6.06. The first-order valence-electron chi connectivity index (χ1n) is 5.30. The van der Waals surface area contributed by atoms with Crippen molar-refractivity contribution in [1.29, 1.82) is 0 Å². The molecule has 0 spiro atoms. The van der Waals surface area contributed by atoms with Crippen LogP contribution >= 0.6 is 0 Å². The molecular weight excluding hydrogens is 188 g/mol. The second kappa shape index (κ2) is 6.56. The Morgan fingerprint density at radius 3 is 2.60 bits per heavy atom. The summed E-state index contributed by atoms with van der Waals surface area (Å²) in [4.78, 5) is 5.03. The van der Waals surface area contributed by atoms with Gasteiger partial charge in [0.15, 0.2) is 0 Å². The van der Waals surface area contributed by atoms with Gasteiger partial charge in [0.05, 0.1) is 7.11 Å². The van der Waals surface area contributed by atoms with Crippen molar-refractivity contribution in [3.05, 3.63) is 35.9 Å². The molecule has 0 saturated heterocycles. The summed E-state index contributed by atoms with van der Waals surface area (Å²) in [6.07, 6.45) is 2.03. The van der Waals surface area contributed by atoms with E-state index in [1.54, 1.807) is 7.11 Å². The molecule has 1 aromatic rings. The maximum atomic E-state index is 6.06. The number of rotatable bonds is 6. The molecule has 0 bridgehead atoms. The lowest BCUT2D eigenvalue weighted by Gasteiger charge is -2.15. The van der Waals surface area contributed by atoms with E-state index in [1.165, 1.54) is 5.56 Å². The number of benzene rings is 1. The number of hydrogen-bond donors (Lipinski definition) is 1. The second-order valence-electron chi connectivity index (χ2n) is 3.69. The van der Waals surface area contributed by atoms with E-state index in [1.807, 2.05) is 30.3 Å². The van der Waals surface area contributed by atoms with Crippen molar-refractivity contribution in [2.24, 2.45) is 5.73 Å². The fourth-order valence-corrected chi connectivity index (χ4v) is 1.49. The highest BCUT2D eigenvalue weighted by atomic mass is 16.7. The number of nitrogens with two attached hydrogens (primary N) is 1. The minimum absolute atomic E-state index is 0.136. The third-order valence-corrected chi connectivity index (χ3v) is 2.53. The fourth-order valence-electron chi connectivity index (χ4n) is 1.49. The Morgan fingerprint density at radius 1 is 1.33 bits per heavy atom. The lowest BCUT2D eigenvalue weighted by atomic mass is 10.0. The van der Waals surface area contributed by atoms with Gasteiger partial charge in [-0.3, -0.25) is 0 Å². The van der Waals surface area contributed by atoms with Gasteiger partial charge in [0.25, 0.3) is 0 Å². The monoisotopic (exact) mass is 208 g/mol. The third kappa shape index (κ3) is 4.42. The second-order valence-corrected chi connectivity index (χ2v) is 3.69. The average Bonchev–Trinajstić information content (AvgIpc) is 2.29.